The Kier molecular flexibility index (Phi) is 13.6. The van der Waals surface area contributed by atoms with Gasteiger partial charge < -0.3 is 43.6 Å². The summed E-state index contributed by atoms with van der Waals surface area (Å²) in [5.74, 6) is -0.188. The Morgan fingerprint density at radius 1 is 1.00 bits per heavy atom. The van der Waals surface area contributed by atoms with Crippen molar-refractivity contribution in [1.82, 2.24) is 0 Å². The fourth-order valence-electron chi connectivity index (χ4n) is 3.73. The van der Waals surface area contributed by atoms with Gasteiger partial charge in [-0.3, -0.25) is 14.4 Å². The minimum Gasteiger partial charge on any atom is -0.469 e. The molecule has 1 amide bonds. The Morgan fingerprint density at radius 2 is 1.76 bits per heavy atom. The second-order valence-corrected chi connectivity index (χ2v) is 8.28. The van der Waals surface area contributed by atoms with Crippen molar-refractivity contribution in [3.8, 4) is 35.0 Å². The Morgan fingerprint density at radius 3 is 2.34 bits per heavy atom. The number of ether oxygens (including phenoxy) is 8. The lowest BCUT2D eigenvalue weighted by atomic mass is 9.89. The molecular formula is C29H35NO11. The molecule has 0 aliphatic heterocycles. The van der Waals surface area contributed by atoms with Gasteiger partial charge in [0.2, 0.25) is 5.91 Å². The number of hydrogen-bond acceptors (Lipinski definition) is 11. The third kappa shape index (κ3) is 9.19. The van der Waals surface area contributed by atoms with Crippen molar-refractivity contribution in [3.05, 3.63) is 47.0 Å². The molecule has 12 heteroatoms. The van der Waals surface area contributed by atoms with Gasteiger partial charge in [0.25, 0.3) is 0 Å². The number of primary amides is 1. The Bertz CT molecular complexity index is 1240. The van der Waals surface area contributed by atoms with Crippen LogP contribution in [-0.2, 0) is 38.0 Å². The van der Waals surface area contributed by atoms with Gasteiger partial charge in [-0.2, -0.15) is 0 Å². The van der Waals surface area contributed by atoms with Crippen molar-refractivity contribution in [2.24, 2.45) is 5.73 Å². The van der Waals surface area contributed by atoms with Crippen LogP contribution in [0.4, 0.5) is 0 Å². The van der Waals surface area contributed by atoms with E-state index < -0.39 is 30.2 Å². The molecule has 0 saturated heterocycles. The van der Waals surface area contributed by atoms with Crippen LogP contribution in [0.5, 0.6) is 11.5 Å². The average Bonchev–Trinajstić information content (AvgIpc) is 2.98. The number of amides is 1. The van der Waals surface area contributed by atoms with Crippen LogP contribution in [0.25, 0.3) is 11.1 Å². The molecule has 12 nitrogen and oxygen atoms in total. The van der Waals surface area contributed by atoms with Crippen LogP contribution >= 0.6 is 0 Å². The van der Waals surface area contributed by atoms with Crippen molar-refractivity contribution < 1.29 is 52.3 Å². The van der Waals surface area contributed by atoms with Gasteiger partial charge in [-0.05, 0) is 42.8 Å². The zero-order chi connectivity index (χ0) is 30.4. The summed E-state index contributed by atoms with van der Waals surface area (Å²) in [6, 6.07) is 7.55. The van der Waals surface area contributed by atoms with Crippen LogP contribution in [0.15, 0.2) is 30.3 Å². The molecule has 2 rings (SSSR count). The normalized spacial score (nSPS) is 12.1. The fraction of sp³-hybridized carbons (Fsp3) is 0.414. The number of carbonyl (C=O) groups excluding carboxylic acids is 3. The van der Waals surface area contributed by atoms with Crippen molar-refractivity contribution in [1.29, 1.82) is 0 Å². The molecule has 41 heavy (non-hydrogen) atoms. The third-order valence-corrected chi connectivity index (χ3v) is 5.74. The van der Waals surface area contributed by atoms with Gasteiger partial charge in [-0.15, -0.1) is 6.42 Å². The van der Waals surface area contributed by atoms with Crippen LogP contribution in [0.3, 0.4) is 0 Å². The molecule has 0 heterocycles. The highest BCUT2D eigenvalue weighted by atomic mass is 16.8. The van der Waals surface area contributed by atoms with E-state index in [0.29, 0.717) is 23.3 Å². The summed E-state index contributed by atoms with van der Waals surface area (Å²) in [6.45, 7) is 1.31. The van der Waals surface area contributed by atoms with E-state index in [-0.39, 0.29) is 49.1 Å². The quantitative estimate of drug-likeness (QED) is 0.129. The minimum atomic E-state index is -1.10. The highest BCUT2D eigenvalue weighted by Gasteiger charge is 2.29. The summed E-state index contributed by atoms with van der Waals surface area (Å²) in [4.78, 5) is 37.1. The number of nitrogens with two attached hydrogens (primary N) is 1. The molecule has 2 atom stereocenters. The Labute approximate surface area is 238 Å². The van der Waals surface area contributed by atoms with E-state index in [1.165, 1.54) is 52.7 Å². The fourth-order valence-corrected chi connectivity index (χ4v) is 3.73. The first kappa shape index (κ1) is 33.1. The van der Waals surface area contributed by atoms with Crippen molar-refractivity contribution in [3.63, 3.8) is 0 Å². The number of benzene rings is 2. The van der Waals surface area contributed by atoms with Crippen molar-refractivity contribution >= 4 is 17.8 Å². The van der Waals surface area contributed by atoms with Crippen molar-refractivity contribution in [2.45, 2.75) is 25.7 Å². The molecule has 0 aliphatic rings. The maximum absolute atomic E-state index is 12.8. The maximum atomic E-state index is 12.8. The largest absolute Gasteiger partial charge is 0.469 e. The van der Waals surface area contributed by atoms with Crippen LogP contribution in [0.2, 0.25) is 0 Å². The van der Waals surface area contributed by atoms with E-state index in [9.17, 15) is 14.4 Å². The Hall–Kier alpha value is -4.15. The summed E-state index contributed by atoms with van der Waals surface area (Å²) in [5, 5.41) is 0. The second kappa shape index (κ2) is 16.8. The summed E-state index contributed by atoms with van der Waals surface area (Å²) in [6.07, 6.45) is 5.54. The van der Waals surface area contributed by atoms with Gasteiger partial charge in [0.05, 0.1) is 51.9 Å². The molecule has 2 N–H and O–H groups in total. The first-order valence-corrected chi connectivity index (χ1v) is 12.5. The standard InChI is InChI=1S/C29H35NO11/c1-7-18-13-20(21(28(33)36-5)16-25(31)35-4)15-23(26(18)40-17-38-12-11-34-3)22-14-19(27(30)32)9-10-24(22)41-29(37-6)39-8-2/h1,9-10,13-15,21,29H,8,11-12,16-17H2,2-6H3,(H2,30,32). The van der Waals surface area contributed by atoms with E-state index in [2.05, 4.69) is 5.92 Å². The Balaban J connectivity index is 2.84. The SMILES string of the molecule is C#Cc1cc(C(CC(=O)OC)C(=O)OC)cc(-c2cc(C(N)=O)ccc2OC(OC)OCC)c1OCOCCOC. The molecular weight excluding hydrogens is 538 g/mol. The molecule has 0 aliphatic carbocycles. The van der Waals surface area contributed by atoms with Gasteiger partial charge in [-0.25, -0.2) is 0 Å². The third-order valence-electron chi connectivity index (χ3n) is 5.74. The smallest absolute Gasteiger partial charge is 0.315 e. The number of methoxy groups -OCH3 is 4. The topological polar surface area (TPSA) is 151 Å². The molecule has 2 unspecified atom stereocenters. The molecule has 2 aromatic carbocycles. The van der Waals surface area contributed by atoms with Crippen molar-refractivity contribution in [2.75, 3.05) is 55.1 Å². The van der Waals surface area contributed by atoms with Gasteiger partial charge in [0.1, 0.15) is 11.5 Å². The lowest BCUT2D eigenvalue weighted by Crippen LogP contribution is -2.23. The molecule has 222 valence electrons. The summed E-state index contributed by atoms with van der Waals surface area (Å²) >= 11 is 0. The van der Waals surface area contributed by atoms with E-state index in [4.69, 9.17) is 50.1 Å². The molecule has 0 spiro atoms. The van der Waals surface area contributed by atoms with E-state index >= 15 is 0 Å². The highest BCUT2D eigenvalue weighted by molar-refractivity contribution is 5.95. The lowest BCUT2D eigenvalue weighted by Gasteiger charge is -2.23. The van der Waals surface area contributed by atoms with Gasteiger partial charge in [0, 0.05) is 30.9 Å². The first-order valence-electron chi connectivity index (χ1n) is 12.5. The van der Waals surface area contributed by atoms with E-state index in [0.717, 1.165) is 0 Å². The van der Waals surface area contributed by atoms with Crippen LogP contribution in [-0.4, -0.2) is 79.4 Å². The summed E-state index contributed by atoms with van der Waals surface area (Å²) < 4.78 is 42.8. The lowest BCUT2D eigenvalue weighted by molar-refractivity contribution is -0.230. The van der Waals surface area contributed by atoms with Crippen LogP contribution in [0, 0.1) is 12.3 Å². The zero-order valence-corrected chi connectivity index (χ0v) is 23.7. The predicted octanol–water partition coefficient (Wildman–Crippen LogP) is 2.60. The number of terminal acetylenes is 1. The maximum Gasteiger partial charge on any atom is 0.315 e. The highest BCUT2D eigenvalue weighted by Crippen LogP contribution is 2.42. The predicted molar refractivity (Wildman–Crippen MR) is 146 cm³/mol. The minimum absolute atomic E-state index is 0.145. The molecule has 0 radical (unpaired) electrons. The van der Waals surface area contributed by atoms with Crippen LogP contribution < -0.4 is 15.2 Å². The molecule has 0 fully saturated rings. The van der Waals surface area contributed by atoms with Crippen LogP contribution in [0.1, 0.15) is 40.7 Å². The van der Waals surface area contributed by atoms with E-state index in [1.54, 1.807) is 13.0 Å². The number of carbonyl (C=O) groups is 3. The number of esters is 2. The first-order chi connectivity index (χ1) is 19.7. The average molecular weight is 574 g/mol. The van der Waals surface area contributed by atoms with Gasteiger partial charge in [-0.1, -0.05) is 5.92 Å². The number of hydrogen-bond donors (Lipinski definition) is 1. The van der Waals surface area contributed by atoms with Gasteiger partial charge >= 0.3 is 18.4 Å². The molecule has 2 aromatic rings. The molecule has 0 bridgehead atoms. The van der Waals surface area contributed by atoms with E-state index in [1.807, 2.05) is 0 Å². The zero-order valence-electron chi connectivity index (χ0n) is 23.7. The summed E-state index contributed by atoms with van der Waals surface area (Å²) in [5.41, 5.74) is 6.86. The number of rotatable bonds is 17. The monoisotopic (exact) mass is 573 g/mol. The summed E-state index contributed by atoms with van der Waals surface area (Å²) in [7, 11) is 5.34. The van der Waals surface area contributed by atoms with Gasteiger partial charge in [0.15, 0.2) is 6.79 Å². The molecule has 0 aromatic heterocycles. The second-order valence-electron chi connectivity index (χ2n) is 8.28. The molecule has 0 saturated carbocycles.